The molecule has 2 amide bonds. The predicted octanol–water partition coefficient (Wildman–Crippen LogP) is 4.38. The number of methoxy groups -OCH3 is 1. The molecule has 2 N–H and O–H groups in total. The molecule has 1 aromatic heterocycles. The minimum Gasteiger partial charge on any atom is -0.497 e. The van der Waals surface area contributed by atoms with Crippen LogP contribution in [-0.2, 0) is 6.54 Å². The Balaban J connectivity index is 0.00000199. The van der Waals surface area contributed by atoms with Crippen molar-refractivity contribution in [1.29, 1.82) is 0 Å². The van der Waals surface area contributed by atoms with E-state index in [0.29, 0.717) is 17.0 Å². The van der Waals surface area contributed by atoms with Crippen molar-refractivity contribution in [2.24, 2.45) is 0 Å². The first-order valence-corrected chi connectivity index (χ1v) is 10.5. The highest BCUT2D eigenvalue weighted by Gasteiger charge is 2.49. The Bertz CT molecular complexity index is 943. The fourth-order valence-electron chi connectivity index (χ4n) is 3.12. The van der Waals surface area contributed by atoms with Crippen LogP contribution in [0, 0.1) is 0 Å². The van der Waals surface area contributed by atoms with Gasteiger partial charge < -0.3 is 25.0 Å². The van der Waals surface area contributed by atoms with Crippen molar-refractivity contribution in [3.05, 3.63) is 48.2 Å². The van der Waals surface area contributed by atoms with Crippen molar-refractivity contribution >= 4 is 11.7 Å². The maximum Gasteiger partial charge on any atom is 0.422 e. The van der Waals surface area contributed by atoms with Gasteiger partial charge in [0.15, 0.2) is 6.61 Å². The van der Waals surface area contributed by atoms with Gasteiger partial charge >= 0.3 is 12.2 Å². The number of nitrogens with zero attached hydrogens (tertiary/aromatic N) is 2. The molecule has 1 fully saturated rings. The molecule has 0 aliphatic carbocycles. The summed E-state index contributed by atoms with van der Waals surface area (Å²) in [7, 11) is 1.47. The lowest BCUT2D eigenvalue weighted by molar-refractivity contribution is -0.154. The maximum atomic E-state index is 14.5. The van der Waals surface area contributed by atoms with Gasteiger partial charge in [0.05, 0.1) is 13.7 Å². The average molecular weight is 490 g/mol. The van der Waals surface area contributed by atoms with Crippen LogP contribution in [0.15, 0.2) is 42.6 Å². The molecule has 0 radical (unpaired) electrons. The second-order valence-electron chi connectivity index (χ2n) is 7.13. The number of halogens is 5. The van der Waals surface area contributed by atoms with E-state index in [4.69, 9.17) is 4.74 Å². The molecule has 0 spiro atoms. The number of ether oxygens (including phenoxy) is 2. The van der Waals surface area contributed by atoms with Crippen LogP contribution in [0.5, 0.6) is 11.6 Å². The molecule has 12 heteroatoms. The predicted molar refractivity (Wildman–Crippen MR) is 116 cm³/mol. The molecular formula is C22H27F5N4O3. The number of aromatic nitrogens is 1. The van der Waals surface area contributed by atoms with Gasteiger partial charge in [-0.3, -0.25) is 0 Å². The molecule has 2 aromatic rings. The number of hydrogen-bond donors (Lipinski definition) is 2. The molecular weight excluding hydrogens is 463 g/mol. The number of rotatable bonds is 7. The van der Waals surface area contributed by atoms with E-state index in [1.165, 1.54) is 30.3 Å². The summed E-state index contributed by atoms with van der Waals surface area (Å²) >= 11 is 0. The second kappa shape index (κ2) is 11.7. The molecule has 1 atom stereocenters. The van der Waals surface area contributed by atoms with Crippen molar-refractivity contribution in [3.8, 4) is 11.6 Å². The topological polar surface area (TPSA) is 75.7 Å². The Hall–Kier alpha value is -3.31. The molecule has 3 rings (SSSR count). The largest absolute Gasteiger partial charge is 0.497 e. The lowest BCUT2D eigenvalue weighted by Gasteiger charge is -2.19. The summed E-state index contributed by atoms with van der Waals surface area (Å²) in [6.07, 6.45) is -3.29. The fraction of sp³-hybridized carbons (Fsp3) is 0.455. The molecule has 0 saturated carbocycles. The Morgan fingerprint density at radius 3 is 2.65 bits per heavy atom. The quantitative estimate of drug-likeness (QED) is 0.564. The molecule has 7 nitrogen and oxygen atoms in total. The molecule has 2 heterocycles. The molecule has 0 bridgehead atoms. The highest BCUT2D eigenvalue weighted by Crippen LogP contribution is 2.32. The van der Waals surface area contributed by atoms with Gasteiger partial charge in [-0.05, 0) is 23.8 Å². The van der Waals surface area contributed by atoms with Gasteiger partial charge in [-0.1, -0.05) is 19.9 Å². The van der Waals surface area contributed by atoms with E-state index in [2.05, 4.69) is 20.4 Å². The third-order valence-electron chi connectivity index (χ3n) is 4.67. The van der Waals surface area contributed by atoms with Gasteiger partial charge in [0.1, 0.15) is 11.8 Å². The first-order valence-electron chi connectivity index (χ1n) is 10.5. The number of carbonyl (C=O) groups is 1. The SMILES string of the molecule is CC.COc1cccc(N2CC(NC(=O)NCc3ccnc(OCC(F)(F)F)c3)C(F)(F)C2)c1. The summed E-state index contributed by atoms with van der Waals surface area (Å²) in [6, 6.07) is 7.08. The minimum absolute atomic E-state index is 0.113. The van der Waals surface area contributed by atoms with E-state index in [9.17, 15) is 26.7 Å². The van der Waals surface area contributed by atoms with Crippen molar-refractivity contribution < 1.29 is 36.2 Å². The van der Waals surface area contributed by atoms with E-state index in [1.807, 2.05) is 13.8 Å². The first-order chi connectivity index (χ1) is 16.1. The third-order valence-corrected chi connectivity index (χ3v) is 4.67. The minimum atomic E-state index is -4.51. The molecule has 34 heavy (non-hydrogen) atoms. The van der Waals surface area contributed by atoms with E-state index in [0.717, 1.165) is 0 Å². The van der Waals surface area contributed by atoms with Crippen LogP contribution >= 0.6 is 0 Å². The number of carbonyl (C=O) groups excluding carboxylic acids is 1. The number of amides is 2. The van der Waals surface area contributed by atoms with E-state index in [1.54, 1.807) is 24.3 Å². The molecule has 1 saturated heterocycles. The van der Waals surface area contributed by atoms with Crippen LogP contribution in [0.1, 0.15) is 19.4 Å². The van der Waals surface area contributed by atoms with E-state index in [-0.39, 0.29) is 19.0 Å². The maximum absolute atomic E-state index is 14.5. The van der Waals surface area contributed by atoms with Crippen molar-refractivity contribution in [1.82, 2.24) is 15.6 Å². The summed E-state index contributed by atoms with van der Waals surface area (Å²) < 4.78 is 75.3. The summed E-state index contributed by atoms with van der Waals surface area (Å²) in [5.74, 6) is -2.91. The number of anilines is 1. The molecule has 1 aromatic carbocycles. The zero-order chi connectivity index (χ0) is 25.4. The van der Waals surface area contributed by atoms with Crippen LogP contribution in [0.25, 0.3) is 0 Å². The van der Waals surface area contributed by atoms with Gasteiger partial charge in [0.2, 0.25) is 5.88 Å². The summed E-state index contributed by atoms with van der Waals surface area (Å²) in [4.78, 5) is 17.3. The Kier molecular flexibility index (Phi) is 9.28. The Labute approximate surface area is 194 Å². The van der Waals surface area contributed by atoms with Crippen LogP contribution in [0.3, 0.4) is 0 Å². The van der Waals surface area contributed by atoms with Gasteiger partial charge in [0, 0.05) is 37.1 Å². The van der Waals surface area contributed by atoms with Crippen molar-refractivity contribution in [2.45, 2.75) is 38.5 Å². The number of benzene rings is 1. The number of urea groups is 1. The van der Waals surface area contributed by atoms with Crippen LogP contribution in [0.2, 0.25) is 0 Å². The lowest BCUT2D eigenvalue weighted by atomic mass is 10.2. The zero-order valence-electron chi connectivity index (χ0n) is 19.0. The van der Waals surface area contributed by atoms with Crippen LogP contribution in [-0.4, -0.2) is 56.0 Å². The van der Waals surface area contributed by atoms with E-state index < -0.39 is 37.3 Å². The smallest absolute Gasteiger partial charge is 0.422 e. The van der Waals surface area contributed by atoms with Crippen LogP contribution < -0.4 is 25.0 Å². The second-order valence-corrected chi connectivity index (χ2v) is 7.13. The van der Waals surface area contributed by atoms with Crippen molar-refractivity contribution in [2.75, 3.05) is 31.7 Å². The first kappa shape index (κ1) is 26.9. The number of hydrogen-bond acceptors (Lipinski definition) is 5. The number of alkyl halides is 5. The van der Waals surface area contributed by atoms with E-state index >= 15 is 0 Å². The third kappa shape index (κ3) is 7.92. The highest BCUT2D eigenvalue weighted by atomic mass is 19.4. The number of nitrogens with one attached hydrogen (secondary N) is 2. The fourth-order valence-corrected chi connectivity index (χ4v) is 3.12. The molecule has 1 aliphatic heterocycles. The summed E-state index contributed by atoms with van der Waals surface area (Å²) in [5, 5.41) is 4.67. The van der Waals surface area contributed by atoms with Gasteiger partial charge in [-0.15, -0.1) is 0 Å². The Morgan fingerprint density at radius 1 is 1.24 bits per heavy atom. The average Bonchev–Trinajstić information content (AvgIpc) is 3.11. The Morgan fingerprint density at radius 2 is 1.97 bits per heavy atom. The van der Waals surface area contributed by atoms with Gasteiger partial charge in [-0.2, -0.15) is 13.2 Å². The highest BCUT2D eigenvalue weighted by molar-refractivity contribution is 5.74. The van der Waals surface area contributed by atoms with Crippen molar-refractivity contribution in [3.63, 3.8) is 0 Å². The number of pyridine rings is 1. The zero-order valence-corrected chi connectivity index (χ0v) is 19.0. The molecule has 1 aliphatic rings. The molecule has 188 valence electrons. The summed E-state index contributed by atoms with van der Waals surface area (Å²) in [6.45, 7) is 1.69. The standard InChI is InChI=1S/C20H21F5N4O3.C2H6/c1-31-15-4-2-3-14(8-15)29-10-16(19(21,22)11-29)28-18(30)27-9-13-5-6-26-17(7-13)32-12-20(23,24)25;1-2/h2-8,16H,9-12H2,1H3,(H2,27,28,30);1-2H3. The lowest BCUT2D eigenvalue weighted by Crippen LogP contribution is -2.50. The van der Waals surface area contributed by atoms with Gasteiger partial charge in [-0.25, -0.2) is 18.6 Å². The van der Waals surface area contributed by atoms with Crippen LogP contribution in [0.4, 0.5) is 32.4 Å². The normalized spacial score (nSPS) is 16.8. The molecule has 1 unspecified atom stereocenters. The summed E-state index contributed by atoms with van der Waals surface area (Å²) in [5.41, 5.74) is 0.931. The van der Waals surface area contributed by atoms with Gasteiger partial charge in [0.25, 0.3) is 5.92 Å². The monoisotopic (exact) mass is 490 g/mol.